The van der Waals surface area contributed by atoms with Crippen molar-refractivity contribution in [2.24, 2.45) is 0 Å². The Balaban J connectivity index is 2.33. The van der Waals surface area contributed by atoms with Gasteiger partial charge in [0, 0.05) is 6.04 Å². The molecule has 1 aromatic rings. The van der Waals surface area contributed by atoms with Crippen molar-refractivity contribution in [3.05, 3.63) is 24.3 Å². The number of ether oxygens (including phenoxy) is 3. The highest BCUT2D eigenvalue weighted by atomic mass is 16.6. The number of amides is 3. The zero-order chi connectivity index (χ0) is 18.7. The second-order valence-electron chi connectivity index (χ2n) is 5.16. The van der Waals surface area contributed by atoms with E-state index in [2.05, 4.69) is 10.6 Å². The van der Waals surface area contributed by atoms with E-state index in [1.807, 2.05) is 20.8 Å². The third-order valence-corrected chi connectivity index (χ3v) is 3.10. The molecule has 0 fully saturated rings. The Labute approximate surface area is 146 Å². The summed E-state index contributed by atoms with van der Waals surface area (Å²) in [5.41, 5.74) is 0. The lowest BCUT2D eigenvalue weighted by Crippen LogP contribution is -2.44. The molecule has 2 N–H and O–H groups in total. The summed E-state index contributed by atoms with van der Waals surface area (Å²) in [6.07, 6.45) is 0.733. The third-order valence-electron chi connectivity index (χ3n) is 3.10. The lowest BCUT2D eigenvalue weighted by Gasteiger charge is -2.12. The second-order valence-corrected chi connectivity index (χ2v) is 5.16. The summed E-state index contributed by atoms with van der Waals surface area (Å²) in [4.78, 5) is 34.6. The maximum Gasteiger partial charge on any atom is 0.344 e. The number of benzene rings is 1. The molecule has 8 heteroatoms. The van der Waals surface area contributed by atoms with Crippen molar-refractivity contribution in [2.75, 3.05) is 19.8 Å². The quantitative estimate of drug-likeness (QED) is 0.655. The molecule has 0 aromatic heterocycles. The van der Waals surface area contributed by atoms with Crippen LogP contribution in [0, 0.1) is 0 Å². The van der Waals surface area contributed by atoms with Gasteiger partial charge in [-0.05, 0) is 32.4 Å². The Morgan fingerprint density at radius 3 is 2.28 bits per heavy atom. The van der Waals surface area contributed by atoms with E-state index in [1.54, 1.807) is 24.3 Å². The first-order chi connectivity index (χ1) is 12.0. The Morgan fingerprint density at radius 1 is 1.04 bits per heavy atom. The summed E-state index contributed by atoms with van der Waals surface area (Å²) in [6.45, 7) is 5.06. The molecule has 0 saturated carbocycles. The van der Waals surface area contributed by atoms with Crippen molar-refractivity contribution in [3.63, 3.8) is 0 Å². The molecule has 25 heavy (non-hydrogen) atoms. The van der Waals surface area contributed by atoms with Crippen molar-refractivity contribution in [1.82, 2.24) is 10.6 Å². The number of hydrogen-bond donors (Lipinski definition) is 2. The summed E-state index contributed by atoms with van der Waals surface area (Å²) >= 11 is 0. The van der Waals surface area contributed by atoms with Gasteiger partial charge >= 0.3 is 12.0 Å². The zero-order valence-electron chi connectivity index (χ0n) is 14.7. The molecule has 0 aliphatic carbocycles. The molecule has 8 nitrogen and oxygen atoms in total. The molecule has 3 amide bonds. The zero-order valence-corrected chi connectivity index (χ0v) is 14.7. The fourth-order valence-corrected chi connectivity index (χ4v) is 1.69. The number of nitrogens with one attached hydrogen (secondary N) is 2. The minimum atomic E-state index is -0.733. The predicted octanol–water partition coefficient (Wildman–Crippen LogP) is 1.63. The highest BCUT2D eigenvalue weighted by Gasteiger charge is 2.13. The number of hydrogen-bond acceptors (Lipinski definition) is 6. The highest BCUT2D eigenvalue weighted by molar-refractivity contribution is 5.95. The van der Waals surface area contributed by atoms with E-state index in [0.717, 1.165) is 6.42 Å². The van der Waals surface area contributed by atoms with Gasteiger partial charge in [0.05, 0.1) is 6.61 Å². The standard InChI is InChI=1S/C17H24N2O6/c1-4-12(3)18-17(22)19-15(20)10-25-16(21)11-24-14-9-7-6-8-13(14)23-5-2/h6-9,12H,4-5,10-11H2,1-3H3,(H2,18,19,20,22)/t12-/m1/s1. The van der Waals surface area contributed by atoms with Crippen LogP contribution in [0.3, 0.4) is 0 Å². The Kier molecular flexibility index (Phi) is 8.84. The Hall–Kier alpha value is -2.77. The van der Waals surface area contributed by atoms with Crippen LogP contribution in [0.15, 0.2) is 24.3 Å². The van der Waals surface area contributed by atoms with Crippen molar-refractivity contribution >= 4 is 17.9 Å². The number of carbonyl (C=O) groups excluding carboxylic acids is 3. The first-order valence-corrected chi connectivity index (χ1v) is 8.06. The molecule has 0 unspecified atom stereocenters. The van der Waals surface area contributed by atoms with Crippen molar-refractivity contribution in [2.45, 2.75) is 33.2 Å². The first-order valence-electron chi connectivity index (χ1n) is 8.06. The maximum absolute atomic E-state index is 11.6. The lowest BCUT2D eigenvalue weighted by molar-refractivity contribution is -0.150. The second kappa shape index (κ2) is 10.9. The highest BCUT2D eigenvalue weighted by Crippen LogP contribution is 2.26. The minimum Gasteiger partial charge on any atom is -0.490 e. The first kappa shape index (κ1) is 20.3. The molecule has 1 atom stereocenters. The predicted molar refractivity (Wildman–Crippen MR) is 90.5 cm³/mol. The summed E-state index contributed by atoms with van der Waals surface area (Å²) in [5, 5.41) is 4.64. The summed E-state index contributed by atoms with van der Waals surface area (Å²) in [5.74, 6) is -0.538. The molecule has 1 aromatic carbocycles. The van der Waals surface area contributed by atoms with Gasteiger partial charge in [0.2, 0.25) is 0 Å². The van der Waals surface area contributed by atoms with Crippen LogP contribution >= 0.6 is 0 Å². The van der Waals surface area contributed by atoms with Gasteiger partial charge in [-0.2, -0.15) is 0 Å². The molecule has 0 aliphatic heterocycles. The van der Waals surface area contributed by atoms with Crippen LogP contribution in [0.1, 0.15) is 27.2 Å². The van der Waals surface area contributed by atoms with E-state index in [-0.39, 0.29) is 12.6 Å². The van der Waals surface area contributed by atoms with Crippen LogP contribution in [0.4, 0.5) is 4.79 Å². The third kappa shape index (κ3) is 8.05. The molecular weight excluding hydrogens is 328 g/mol. The average molecular weight is 352 g/mol. The summed E-state index contributed by atoms with van der Waals surface area (Å²) < 4.78 is 15.4. The van der Waals surface area contributed by atoms with E-state index in [1.165, 1.54) is 0 Å². The molecule has 0 heterocycles. The van der Waals surface area contributed by atoms with Gasteiger partial charge in [-0.25, -0.2) is 9.59 Å². The van der Waals surface area contributed by atoms with Crippen LogP contribution in [-0.2, 0) is 14.3 Å². The number of carbonyl (C=O) groups is 3. The van der Waals surface area contributed by atoms with Crippen LogP contribution < -0.4 is 20.1 Å². The van der Waals surface area contributed by atoms with Crippen LogP contribution in [0.25, 0.3) is 0 Å². The Morgan fingerprint density at radius 2 is 1.68 bits per heavy atom. The molecule has 0 bridgehead atoms. The van der Waals surface area contributed by atoms with Crippen LogP contribution in [-0.4, -0.2) is 43.8 Å². The van der Waals surface area contributed by atoms with Gasteiger partial charge in [0.1, 0.15) is 0 Å². The normalized spacial score (nSPS) is 11.2. The Bertz CT molecular complexity index is 590. The number of esters is 1. The van der Waals surface area contributed by atoms with Gasteiger partial charge < -0.3 is 19.5 Å². The van der Waals surface area contributed by atoms with E-state index >= 15 is 0 Å². The fraction of sp³-hybridized carbons (Fsp3) is 0.471. The number of imide groups is 1. The van der Waals surface area contributed by atoms with Gasteiger partial charge in [0.25, 0.3) is 5.91 Å². The number of rotatable bonds is 9. The van der Waals surface area contributed by atoms with Crippen LogP contribution in [0.5, 0.6) is 11.5 Å². The van der Waals surface area contributed by atoms with Crippen molar-refractivity contribution in [3.8, 4) is 11.5 Å². The van der Waals surface area contributed by atoms with Crippen LogP contribution in [0.2, 0.25) is 0 Å². The number of para-hydroxylation sites is 2. The smallest absolute Gasteiger partial charge is 0.344 e. The molecular formula is C17H24N2O6. The number of urea groups is 1. The summed E-state index contributed by atoms with van der Waals surface area (Å²) in [6, 6.07) is 6.21. The molecule has 0 saturated heterocycles. The molecule has 0 spiro atoms. The van der Waals surface area contributed by atoms with Crippen molar-refractivity contribution < 1.29 is 28.6 Å². The average Bonchev–Trinajstić information content (AvgIpc) is 2.59. The van der Waals surface area contributed by atoms with Crippen molar-refractivity contribution in [1.29, 1.82) is 0 Å². The maximum atomic E-state index is 11.6. The minimum absolute atomic E-state index is 0.0610. The monoisotopic (exact) mass is 352 g/mol. The topological polar surface area (TPSA) is 103 Å². The molecule has 0 radical (unpaired) electrons. The van der Waals surface area contributed by atoms with Gasteiger partial charge in [-0.3, -0.25) is 10.1 Å². The fourth-order valence-electron chi connectivity index (χ4n) is 1.69. The van der Waals surface area contributed by atoms with Gasteiger partial charge in [-0.15, -0.1) is 0 Å². The largest absolute Gasteiger partial charge is 0.490 e. The van der Waals surface area contributed by atoms with Gasteiger partial charge in [0.15, 0.2) is 24.7 Å². The van der Waals surface area contributed by atoms with Gasteiger partial charge in [-0.1, -0.05) is 19.1 Å². The molecule has 0 aliphatic rings. The van der Waals surface area contributed by atoms with E-state index in [4.69, 9.17) is 14.2 Å². The SMILES string of the molecule is CCOc1ccccc1OCC(=O)OCC(=O)NC(=O)N[C@H](C)CC. The molecule has 138 valence electrons. The van der Waals surface area contributed by atoms with E-state index < -0.39 is 24.5 Å². The summed E-state index contributed by atoms with van der Waals surface area (Å²) in [7, 11) is 0. The molecule has 1 rings (SSSR count). The van der Waals surface area contributed by atoms with E-state index in [0.29, 0.717) is 18.1 Å². The van der Waals surface area contributed by atoms with E-state index in [9.17, 15) is 14.4 Å². The lowest BCUT2D eigenvalue weighted by atomic mass is 10.3.